The van der Waals surface area contributed by atoms with Crippen molar-refractivity contribution >= 4 is 27.5 Å². The normalized spacial score (nSPS) is 12.3. The van der Waals surface area contributed by atoms with E-state index < -0.39 is 17.7 Å². The second-order valence-electron chi connectivity index (χ2n) is 4.47. The molecule has 0 fully saturated rings. The Hall–Kier alpha value is -1.17. The molecule has 2 rings (SSSR count). The number of halogens is 4. The summed E-state index contributed by atoms with van der Waals surface area (Å²) in [6.07, 6.45) is -1.05. The molecule has 0 bridgehead atoms. The number of ether oxygens (including phenoxy) is 1. The number of hydrogen-bond donors (Lipinski definition) is 1. The molecule has 1 N–H and O–H groups in total. The van der Waals surface area contributed by atoms with Gasteiger partial charge in [-0.25, -0.2) is 8.78 Å². The number of aliphatic hydroxyl groups excluding tert-OH is 1. The van der Waals surface area contributed by atoms with Gasteiger partial charge in [0.15, 0.2) is 0 Å². The van der Waals surface area contributed by atoms with Gasteiger partial charge in [0.25, 0.3) is 0 Å². The maximum absolute atomic E-state index is 13.6. The molecule has 2 aromatic carbocycles. The number of hydrogen-bond acceptors (Lipinski definition) is 2. The van der Waals surface area contributed by atoms with Gasteiger partial charge in [-0.05, 0) is 39.7 Å². The lowest BCUT2D eigenvalue weighted by atomic mass is 10.00. The van der Waals surface area contributed by atoms with E-state index in [-0.39, 0.29) is 12.0 Å². The van der Waals surface area contributed by atoms with E-state index in [9.17, 15) is 13.9 Å². The molecule has 0 spiro atoms. The third kappa shape index (κ3) is 3.73. The fraction of sp³-hybridized carbons (Fsp3) is 0.200. The Morgan fingerprint density at radius 3 is 2.62 bits per heavy atom. The van der Waals surface area contributed by atoms with Crippen molar-refractivity contribution < 1.29 is 18.6 Å². The lowest BCUT2D eigenvalue weighted by Crippen LogP contribution is -2.06. The topological polar surface area (TPSA) is 29.5 Å². The lowest BCUT2D eigenvalue weighted by Gasteiger charge is -2.17. The summed E-state index contributed by atoms with van der Waals surface area (Å²) in [5.41, 5.74) is 0.641. The average molecular weight is 378 g/mol. The van der Waals surface area contributed by atoms with Crippen LogP contribution in [0.15, 0.2) is 34.8 Å². The third-order valence-corrected chi connectivity index (χ3v) is 3.84. The predicted molar refractivity (Wildman–Crippen MR) is 80.7 cm³/mol. The average Bonchev–Trinajstić information content (AvgIpc) is 2.41. The van der Waals surface area contributed by atoms with Crippen LogP contribution in [-0.4, -0.2) is 12.2 Å². The first-order valence-corrected chi connectivity index (χ1v) is 7.24. The van der Waals surface area contributed by atoms with Gasteiger partial charge in [0.2, 0.25) is 0 Å². The zero-order chi connectivity index (χ0) is 15.6. The van der Waals surface area contributed by atoms with Gasteiger partial charge in [-0.15, -0.1) is 0 Å². The number of benzene rings is 2. The van der Waals surface area contributed by atoms with E-state index in [4.69, 9.17) is 16.3 Å². The number of rotatable bonds is 4. The maximum atomic E-state index is 13.6. The Morgan fingerprint density at radius 2 is 2.00 bits per heavy atom. The highest BCUT2D eigenvalue weighted by molar-refractivity contribution is 9.10. The molecule has 112 valence electrons. The van der Waals surface area contributed by atoms with Crippen molar-refractivity contribution in [1.82, 2.24) is 0 Å². The summed E-state index contributed by atoms with van der Waals surface area (Å²) in [6.45, 7) is 0. The molecule has 1 unspecified atom stereocenters. The Kier molecular flexibility index (Phi) is 5.19. The minimum atomic E-state index is -1.03. The van der Waals surface area contributed by atoms with Crippen LogP contribution >= 0.6 is 27.5 Å². The van der Waals surface area contributed by atoms with Gasteiger partial charge in [-0.2, -0.15) is 0 Å². The largest absolute Gasteiger partial charge is 0.495 e. The molecular formula is C15H12BrClF2O2. The van der Waals surface area contributed by atoms with Crippen molar-refractivity contribution in [2.24, 2.45) is 0 Å². The van der Waals surface area contributed by atoms with Gasteiger partial charge in [0.1, 0.15) is 17.4 Å². The highest BCUT2D eigenvalue weighted by Gasteiger charge is 2.19. The standard InChI is InChI=1S/C15H12BrClF2O2/c1-21-15-11(5-9(17)6-12(15)16)14(20)4-8-2-3-10(18)7-13(8)19/h2-3,5-7,14,20H,4H2,1H3. The fourth-order valence-electron chi connectivity index (χ4n) is 2.05. The lowest BCUT2D eigenvalue weighted by molar-refractivity contribution is 0.172. The van der Waals surface area contributed by atoms with Crippen molar-refractivity contribution in [3.8, 4) is 5.75 Å². The van der Waals surface area contributed by atoms with Crippen molar-refractivity contribution in [1.29, 1.82) is 0 Å². The molecular weight excluding hydrogens is 366 g/mol. The van der Waals surface area contributed by atoms with Gasteiger partial charge in [0, 0.05) is 23.1 Å². The van der Waals surface area contributed by atoms with Gasteiger partial charge < -0.3 is 9.84 Å². The molecule has 0 heterocycles. The summed E-state index contributed by atoms with van der Waals surface area (Å²) < 4.78 is 32.3. The Balaban J connectivity index is 2.34. The monoisotopic (exact) mass is 376 g/mol. The van der Waals surface area contributed by atoms with Crippen LogP contribution < -0.4 is 4.74 Å². The van der Waals surface area contributed by atoms with Gasteiger partial charge in [-0.3, -0.25) is 0 Å². The molecule has 1 atom stereocenters. The molecule has 21 heavy (non-hydrogen) atoms. The first-order valence-electron chi connectivity index (χ1n) is 6.07. The van der Waals surface area contributed by atoms with Crippen LogP contribution in [0.4, 0.5) is 8.78 Å². The van der Waals surface area contributed by atoms with Crippen molar-refractivity contribution in [2.45, 2.75) is 12.5 Å². The van der Waals surface area contributed by atoms with Crippen molar-refractivity contribution in [2.75, 3.05) is 7.11 Å². The van der Waals surface area contributed by atoms with E-state index in [2.05, 4.69) is 15.9 Å². The molecule has 0 saturated carbocycles. The molecule has 0 radical (unpaired) electrons. The summed E-state index contributed by atoms with van der Waals surface area (Å²) in [7, 11) is 1.46. The highest BCUT2D eigenvalue weighted by atomic mass is 79.9. The Labute approximate surface area is 134 Å². The number of aliphatic hydroxyl groups is 1. The molecule has 0 saturated heterocycles. The SMILES string of the molecule is COc1c(Br)cc(Cl)cc1C(O)Cc1ccc(F)cc1F. The van der Waals surface area contributed by atoms with Gasteiger partial charge in [-0.1, -0.05) is 17.7 Å². The quantitative estimate of drug-likeness (QED) is 0.839. The van der Waals surface area contributed by atoms with Crippen LogP contribution in [0.5, 0.6) is 5.75 Å². The zero-order valence-electron chi connectivity index (χ0n) is 11.0. The van der Waals surface area contributed by atoms with Gasteiger partial charge in [0.05, 0.1) is 17.7 Å². The summed E-state index contributed by atoms with van der Waals surface area (Å²) in [4.78, 5) is 0. The smallest absolute Gasteiger partial charge is 0.138 e. The van der Waals surface area contributed by atoms with Crippen molar-refractivity contribution in [3.05, 3.63) is 62.6 Å². The predicted octanol–water partition coefficient (Wildman–Crippen LogP) is 4.67. The first-order chi connectivity index (χ1) is 9.92. The summed E-state index contributed by atoms with van der Waals surface area (Å²) >= 11 is 9.25. The molecule has 0 aromatic heterocycles. The second-order valence-corrected chi connectivity index (χ2v) is 5.76. The summed E-state index contributed by atoms with van der Waals surface area (Å²) in [5, 5.41) is 10.7. The summed E-state index contributed by atoms with van der Waals surface area (Å²) in [5.74, 6) is -0.933. The molecule has 2 nitrogen and oxygen atoms in total. The van der Waals surface area contributed by atoms with Crippen LogP contribution in [-0.2, 0) is 6.42 Å². The maximum Gasteiger partial charge on any atom is 0.138 e. The molecule has 0 amide bonds. The highest BCUT2D eigenvalue weighted by Crippen LogP contribution is 2.37. The molecule has 0 aliphatic heterocycles. The van der Waals surface area contributed by atoms with Crippen LogP contribution in [0, 0.1) is 11.6 Å². The van der Waals surface area contributed by atoms with E-state index in [1.807, 2.05) is 0 Å². The van der Waals surface area contributed by atoms with Crippen molar-refractivity contribution in [3.63, 3.8) is 0 Å². The number of methoxy groups -OCH3 is 1. The van der Waals surface area contributed by atoms with Gasteiger partial charge >= 0.3 is 0 Å². The minimum Gasteiger partial charge on any atom is -0.495 e. The van der Waals surface area contributed by atoms with Crippen LogP contribution in [0.2, 0.25) is 5.02 Å². The molecule has 0 aliphatic rings. The zero-order valence-corrected chi connectivity index (χ0v) is 13.4. The molecule has 0 aliphatic carbocycles. The molecule has 6 heteroatoms. The van der Waals surface area contributed by atoms with E-state index in [1.165, 1.54) is 13.2 Å². The minimum absolute atomic E-state index is 0.0186. The summed E-state index contributed by atoms with van der Waals surface area (Å²) in [6, 6.07) is 6.43. The van der Waals surface area contributed by atoms with E-state index in [0.29, 0.717) is 20.8 Å². The first kappa shape index (κ1) is 16.2. The van der Waals surface area contributed by atoms with Crippen LogP contribution in [0.1, 0.15) is 17.2 Å². The van der Waals surface area contributed by atoms with E-state index in [1.54, 1.807) is 12.1 Å². The third-order valence-electron chi connectivity index (χ3n) is 3.03. The van der Waals surface area contributed by atoms with E-state index >= 15 is 0 Å². The second kappa shape index (κ2) is 6.73. The van der Waals surface area contributed by atoms with Crippen LogP contribution in [0.25, 0.3) is 0 Å². The molecule has 2 aromatic rings. The fourth-order valence-corrected chi connectivity index (χ4v) is 3.04. The van der Waals surface area contributed by atoms with Crippen LogP contribution in [0.3, 0.4) is 0 Å². The van der Waals surface area contributed by atoms with E-state index in [0.717, 1.165) is 12.1 Å². The Bertz CT molecular complexity index is 664. The Morgan fingerprint density at radius 1 is 1.29 bits per heavy atom.